The molecule has 0 aromatic heterocycles. The van der Waals surface area contributed by atoms with Gasteiger partial charge in [0.25, 0.3) is 17.7 Å². The van der Waals surface area contributed by atoms with E-state index in [1.807, 2.05) is 12.2 Å². The van der Waals surface area contributed by atoms with E-state index in [1.54, 1.807) is 42.5 Å². The summed E-state index contributed by atoms with van der Waals surface area (Å²) in [5.41, 5.74) is 0.674. The Morgan fingerprint density at radius 3 is 2.00 bits per heavy atom. The zero-order valence-electron chi connectivity index (χ0n) is 22.3. The third-order valence-electron chi connectivity index (χ3n) is 8.91. The Labute approximate surface area is 246 Å². The highest BCUT2D eigenvalue weighted by atomic mass is 35.5. The van der Waals surface area contributed by atoms with Crippen molar-refractivity contribution in [2.75, 3.05) is 6.54 Å². The van der Waals surface area contributed by atoms with Crippen LogP contribution in [0.25, 0.3) is 0 Å². The average Bonchev–Trinajstić information content (AvgIpc) is 3.79. The summed E-state index contributed by atoms with van der Waals surface area (Å²) < 4.78 is 5.39. The van der Waals surface area contributed by atoms with E-state index in [0.717, 1.165) is 16.4 Å². The van der Waals surface area contributed by atoms with Crippen molar-refractivity contribution in [2.24, 2.45) is 35.5 Å². The maximum atomic E-state index is 13.8. The predicted octanol–water partition coefficient (Wildman–Crippen LogP) is 4.85. The Morgan fingerprint density at radius 2 is 1.38 bits per heavy atom. The number of ether oxygens (including phenoxy) is 1. The lowest BCUT2D eigenvalue weighted by atomic mass is 9.63. The van der Waals surface area contributed by atoms with Gasteiger partial charge in [0, 0.05) is 5.56 Å². The van der Waals surface area contributed by atoms with Gasteiger partial charge in [-0.1, -0.05) is 54.1 Å². The quantitative estimate of drug-likeness (QED) is 0.130. The number of hydrogen-bond donors (Lipinski definition) is 0. The molecule has 3 aromatic carbocycles. The molecule has 1 saturated heterocycles. The molecule has 8 nitrogen and oxygen atoms in total. The van der Waals surface area contributed by atoms with Gasteiger partial charge < -0.3 is 4.74 Å². The monoisotopic (exact) mass is 580 g/mol. The van der Waals surface area contributed by atoms with Crippen molar-refractivity contribution >= 4 is 41.1 Å². The Bertz CT molecular complexity index is 1630. The Balaban J connectivity index is 1.15. The van der Waals surface area contributed by atoms with Gasteiger partial charge >= 0.3 is 5.97 Å². The van der Waals surface area contributed by atoms with Crippen LogP contribution < -0.4 is 4.74 Å². The topological polar surface area (TPSA) is 101 Å². The second-order valence-electron chi connectivity index (χ2n) is 11.2. The van der Waals surface area contributed by atoms with Crippen molar-refractivity contribution in [3.05, 3.63) is 113 Å². The van der Waals surface area contributed by atoms with Crippen LogP contribution in [0.2, 0.25) is 5.02 Å². The number of benzene rings is 3. The minimum absolute atomic E-state index is 0.0365. The van der Waals surface area contributed by atoms with Crippen molar-refractivity contribution in [3.63, 3.8) is 0 Å². The molecule has 3 amide bonds. The number of hydrazine groups is 1. The summed E-state index contributed by atoms with van der Waals surface area (Å²) in [4.78, 5) is 67.4. The summed E-state index contributed by atoms with van der Waals surface area (Å²) in [7, 11) is 0. The first kappa shape index (κ1) is 26.3. The Hall–Kier alpha value is -4.56. The van der Waals surface area contributed by atoms with E-state index in [0.29, 0.717) is 17.4 Å². The third-order valence-corrected chi connectivity index (χ3v) is 9.24. The van der Waals surface area contributed by atoms with Gasteiger partial charge in [-0.2, -0.15) is 5.01 Å². The number of halogens is 1. The summed E-state index contributed by atoms with van der Waals surface area (Å²) >= 11 is 6.33. The second kappa shape index (κ2) is 10.1. The first-order valence-corrected chi connectivity index (χ1v) is 14.2. The number of hydrogen-bond acceptors (Lipinski definition) is 6. The molecule has 8 rings (SSSR count). The molecule has 0 unspecified atom stereocenters. The molecule has 0 N–H and O–H groups in total. The lowest BCUT2D eigenvalue weighted by Crippen LogP contribution is -2.52. The standard InChI is InChI=1S/C33H25ClN2O6/c34-26-9-5-4-8-23(26)30(38)35(36-31(39)28-21-14-15-22(25-16-24(21)25)29(28)32(36)40)17-27(37)18-10-12-20(13-11-18)42-33(41)19-6-2-1-3-7-19/h1-15,21-22,24-25,28-29H,16-17H2/t21-,22-,24-,25-,28+,29+/m0/s1. The van der Waals surface area contributed by atoms with Gasteiger partial charge in [0.2, 0.25) is 0 Å². The van der Waals surface area contributed by atoms with Crippen LogP contribution in [0.5, 0.6) is 5.75 Å². The SMILES string of the molecule is O=C(CN(C(=O)c1ccccc1Cl)N1C(=O)[C@@H]2[C@H]3C=C[C@@H]([C@@H]4C[C@@H]34)[C@H]2C1=O)c1ccc(OC(=O)c2ccccc2)cc1. The van der Waals surface area contributed by atoms with Crippen molar-refractivity contribution in [2.45, 2.75) is 6.42 Å². The second-order valence-corrected chi connectivity index (χ2v) is 11.6. The van der Waals surface area contributed by atoms with Crippen LogP contribution in [0.1, 0.15) is 37.5 Å². The number of carbonyl (C=O) groups is 5. The van der Waals surface area contributed by atoms with Gasteiger partial charge in [0.1, 0.15) is 12.3 Å². The van der Waals surface area contributed by atoms with Gasteiger partial charge in [0.15, 0.2) is 5.78 Å². The lowest BCUT2D eigenvalue weighted by molar-refractivity contribution is -0.154. The summed E-state index contributed by atoms with van der Waals surface area (Å²) in [6, 6.07) is 20.7. The normalized spacial score (nSPS) is 26.5. The van der Waals surface area contributed by atoms with Crippen LogP contribution >= 0.6 is 11.6 Å². The molecule has 1 heterocycles. The zero-order valence-corrected chi connectivity index (χ0v) is 23.0. The fourth-order valence-corrected chi connectivity index (χ4v) is 7.08. The lowest BCUT2D eigenvalue weighted by Gasteiger charge is -2.37. The van der Waals surface area contributed by atoms with E-state index in [2.05, 4.69) is 0 Å². The Morgan fingerprint density at radius 1 is 0.786 bits per heavy atom. The average molecular weight is 581 g/mol. The number of Topliss-reactive ketones (excluding diaryl/α,β-unsaturated/α-hetero) is 1. The zero-order chi connectivity index (χ0) is 29.1. The van der Waals surface area contributed by atoms with Crippen molar-refractivity contribution in [1.29, 1.82) is 0 Å². The molecular formula is C33H25ClN2O6. The Kier molecular flexibility index (Phi) is 6.31. The molecule has 2 saturated carbocycles. The van der Waals surface area contributed by atoms with E-state index in [-0.39, 0.29) is 33.7 Å². The highest BCUT2D eigenvalue weighted by Gasteiger charge is 2.68. The molecule has 0 spiro atoms. The number of allylic oxidation sites excluding steroid dienone is 2. The van der Waals surface area contributed by atoms with Gasteiger partial charge in [-0.05, 0) is 78.6 Å². The fourth-order valence-electron chi connectivity index (χ4n) is 6.86. The van der Waals surface area contributed by atoms with E-state index in [9.17, 15) is 24.0 Å². The smallest absolute Gasteiger partial charge is 0.343 e. The first-order valence-electron chi connectivity index (χ1n) is 13.9. The minimum atomic E-state index is -0.715. The number of imide groups is 1. The van der Waals surface area contributed by atoms with E-state index >= 15 is 0 Å². The number of esters is 1. The molecule has 3 fully saturated rings. The van der Waals surface area contributed by atoms with Gasteiger partial charge in [-0.3, -0.25) is 19.2 Å². The number of carbonyl (C=O) groups excluding carboxylic acids is 5. The molecule has 3 aromatic rings. The highest BCUT2D eigenvalue weighted by Crippen LogP contribution is 2.65. The summed E-state index contributed by atoms with van der Waals surface area (Å²) in [6.45, 7) is -0.556. The summed E-state index contributed by atoms with van der Waals surface area (Å²) in [6.07, 6.45) is 5.10. The number of ketones is 1. The predicted molar refractivity (Wildman–Crippen MR) is 151 cm³/mol. The van der Waals surface area contributed by atoms with Crippen molar-refractivity contribution in [1.82, 2.24) is 10.0 Å². The summed E-state index contributed by atoms with van der Waals surface area (Å²) in [5.74, 6) is -2.79. The van der Waals surface area contributed by atoms with Crippen LogP contribution in [0.15, 0.2) is 91.0 Å². The molecular weight excluding hydrogens is 556 g/mol. The maximum absolute atomic E-state index is 13.8. The number of nitrogens with zero attached hydrogens (tertiary/aromatic N) is 2. The van der Waals surface area contributed by atoms with E-state index in [1.165, 1.54) is 36.4 Å². The van der Waals surface area contributed by atoms with Crippen LogP contribution in [-0.2, 0) is 9.59 Å². The summed E-state index contributed by atoms with van der Waals surface area (Å²) in [5, 5.41) is 1.98. The van der Waals surface area contributed by atoms with Gasteiger partial charge in [-0.15, -0.1) is 0 Å². The van der Waals surface area contributed by atoms with Crippen LogP contribution in [0, 0.1) is 35.5 Å². The molecule has 4 aliphatic carbocycles. The molecule has 1 aliphatic heterocycles. The molecule has 210 valence electrons. The molecule has 0 radical (unpaired) electrons. The number of amides is 3. The van der Waals surface area contributed by atoms with Gasteiger partial charge in [-0.25, -0.2) is 9.80 Å². The molecule has 42 heavy (non-hydrogen) atoms. The van der Waals surface area contributed by atoms with Crippen molar-refractivity contribution < 1.29 is 28.7 Å². The molecule has 9 heteroatoms. The van der Waals surface area contributed by atoms with E-state index in [4.69, 9.17) is 16.3 Å². The van der Waals surface area contributed by atoms with E-state index < -0.39 is 47.9 Å². The van der Waals surface area contributed by atoms with Crippen LogP contribution in [-0.4, -0.2) is 46.0 Å². The fraction of sp³-hybridized carbons (Fsp3) is 0.242. The minimum Gasteiger partial charge on any atom is -0.423 e. The van der Waals surface area contributed by atoms with Crippen LogP contribution in [0.4, 0.5) is 0 Å². The molecule has 2 bridgehead atoms. The van der Waals surface area contributed by atoms with Crippen LogP contribution in [0.3, 0.4) is 0 Å². The van der Waals surface area contributed by atoms with Gasteiger partial charge in [0.05, 0.1) is 28.0 Å². The molecule has 5 aliphatic rings. The maximum Gasteiger partial charge on any atom is 0.343 e. The van der Waals surface area contributed by atoms with Crippen molar-refractivity contribution in [3.8, 4) is 5.75 Å². The molecule has 6 atom stereocenters. The highest BCUT2D eigenvalue weighted by molar-refractivity contribution is 6.34. The number of rotatable bonds is 7. The first-order chi connectivity index (χ1) is 20.3. The third kappa shape index (κ3) is 4.25. The largest absolute Gasteiger partial charge is 0.423 e.